The predicted octanol–water partition coefficient (Wildman–Crippen LogP) is 5.42. The number of ketones is 1. The van der Waals surface area contributed by atoms with E-state index in [1.807, 2.05) is 30.1 Å². The first-order valence-corrected chi connectivity index (χ1v) is 14.7. The molecule has 2 fully saturated rings. The summed E-state index contributed by atoms with van der Waals surface area (Å²) >= 11 is 1.81. The third-order valence-corrected chi connectivity index (χ3v) is 9.89. The van der Waals surface area contributed by atoms with Gasteiger partial charge in [-0.25, -0.2) is 4.98 Å². The van der Waals surface area contributed by atoms with Crippen molar-refractivity contribution >= 4 is 23.0 Å². The van der Waals surface area contributed by atoms with Gasteiger partial charge < -0.3 is 14.3 Å². The molecule has 0 saturated carbocycles. The Labute approximate surface area is 220 Å². The van der Waals surface area contributed by atoms with Crippen molar-refractivity contribution in [2.75, 3.05) is 13.1 Å². The Bertz CT molecular complexity index is 1100. The van der Waals surface area contributed by atoms with Gasteiger partial charge in [0, 0.05) is 59.9 Å². The van der Waals surface area contributed by atoms with Gasteiger partial charge in [0.25, 0.3) is 0 Å². The molecule has 0 N–H and O–H groups in total. The SMILES string of the molecule is CC(=O)C[C@@H](CCN1C2CCC1CC(n1c(C)nc3c1CCN(C(=O)C(C)C)C3)C2)c1cc(C)cs1. The Morgan fingerprint density at radius 3 is 2.47 bits per heavy atom. The normalized spacial score (nSPS) is 24.8. The third kappa shape index (κ3) is 5.06. The first-order chi connectivity index (χ1) is 17.2. The quantitative estimate of drug-likeness (QED) is 0.476. The molecule has 5 heterocycles. The summed E-state index contributed by atoms with van der Waals surface area (Å²) in [4.78, 5) is 35.6. The van der Waals surface area contributed by atoms with E-state index in [1.54, 1.807) is 6.92 Å². The molecule has 0 aromatic carbocycles. The van der Waals surface area contributed by atoms with Crippen molar-refractivity contribution < 1.29 is 9.59 Å². The van der Waals surface area contributed by atoms with E-state index in [9.17, 15) is 9.59 Å². The standard InChI is InChI=1S/C29H42N4O2S/c1-18(2)29(35)31-10-9-27-26(16-31)30-21(5)33(27)25-14-23-6-7-24(15-25)32(23)11-8-22(13-20(4)34)28-12-19(3)17-36-28/h12,17-18,22-25H,6-11,13-16H2,1-5H3/t22-,23?,24?,25?/m1/s1. The van der Waals surface area contributed by atoms with Crippen LogP contribution in [0, 0.1) is 19.8 Å². The van der Waals surface area contributed by atoms with Crippen molar-refractivity contribution in [2.45, 2.75) is 110 Å². The number of hydrogen-bond donors (Lipinski definition) is 0. The zero-order valence-electron chi connectivity index (χ0n) is 22.6. The van der Waals surface area contributed by atoms with Crippen molar-refractivity contribution in [3.63, 3.8) is 0 Å². The molecule has 5 rings (SSSR count). The molecule has 3 aliphatic heterocycles. The maximum Gasteiger partial charge on any atom is 0.225 e. The highest BCUT2D eigenvalue weighted by atomic mass is 32.1. The first kappa shape index (κ1) is 25.7. The van der Waals surface area contributed by atoms with E-state index < -0.39 is 0 Å². The van der Waals surface area contributed by atoms with Crippen molar-refractivity contribution in [1.82, 2.24) is 19.4 Å². The van der Waals surface area contributed by atoms with E-state index >= 15 is 0 Å². The lowest BCUT2D eigenvalue weighted by Gasteiger charge is -2.41. The fourth-order valence-electron chi connectivity index (χ4n) is 7.06. The molecule has 2 unspecified atom stereocenters. The van der Waals surface area contributed by atoms with Crippen molar-refractivity contribution in [1.29, 1.82) is 0 Å². The maximum absolute atomic E-state index is 12.6. The lowest BCUT2D eigenvalue weighted by atomic mass is 9.93. The summed E-state index contributed by atoms with van der Waals surface area (Å²) in [6.45, 7) is 12.5. The topological polar surface area (TPSA) is 58.4 Å². The van der Waals surface area contributed by atoms with Crippen LogP contribution in [0.15, 0.2) is 11.4 Å². The predicted molar refractivity (Wildman–Crippen MR) is 144 cm³/mol. The first-order valence-electron chi connectivity index (χ1n) is 13.9. The Morgan fingerprint density at radius 1 is 1.14 bits per heavy atom. The number of carbonyl (C=O) groups is 2. The summed E-state index contributed by atoms with van der Waals surface area (Å²) in [5, 5.41) is 2.21. The summed E-state index contributed by atoms with van der Waals surface area (Å²) in [6, 6.07) is 4.03. The summed E-state index contributed by atoms with van der Waals surface area (Å²) in [7, 11) is 0. The number of carbonyl (C=O) groups excluding carboxylic acids is 2. The lowest BCUT2D eigenvalue weighted by Crippen LogP contribution is -2.45. The zero-order chi connectivity index (χ0) is 25.6. The van der Waals surface area contributed by atoms with Crippen LogP contribution in [0.2, 0.25) is 0 Å². The number of thiophene rings is 1. The fraction of sp³-hybridized carbons (Fsp3) is 0.690. The molecule has 3 aliphatic rings. The second-order valence-electron chi connectivity index (χ2n) is 11.8. The summed E-state index contributed by atoms with van der Waals surface area (Å²) in [5.74, 6) is 2.03. The third-order valence-electron chi connectivity index (χ3n) is 8.68. The van der Waals surface area contributed by atoms with Crippen LogP contribution in [0.1, 0.15) is 98.9 Å². The van der Waals surface area contributed by atoms with Gasteiger partial charge in [-0.3, -0.25) is 9.69 Å². The molecule has 196 valence electrons. The molecule has 0 spiro atoms. The molecule has 2 bridgehead atoms. The molecule has 2 aromatic rings. The number of aryl methyl sites for hydroxylation is 2. The highest BCUT2D eigenvalue weighted by molar-refractivity contribution is 7.10. The molecule has 7 heteroatoms. The Hall–Kier alpha value is -1.99. The van der Waals surface area contributed by atoms with E-state index in [0.29, 0.717) is 42.8 Å². The highest BCUT2D eigenvalue weighted by Crippen LogP contribution is 2.43. The number of rotatable bonds is 8. The van der Waals surface area contributed by atoms with Gasteiger partial charge >= 0.3 is 0 Å². The largest absolute Gasteiger partial charge is 0.336 e. The number of fused-ring (bicyclic) bond motifs is 3. The van der Waals surface area contributed by atoms with Crippen LogP contribution in [-0.4, -0.2) is 56.2 Å². The van der Waals surface area contributed by atoms with Gasteiger partial charge in [-0.05, 0) is 76.4 Å². The van der Waals surface area contributed by atoms with Crippen LogP contribution < -0.4 is 0 Å². The van der Waals surface area contributed by atoms with Gasteiger partial charge in [0.05, 0.1) is 12.2 Å². The van der Waals surface area contributed by atoms with Gasteiger partial charge in [-0.1, -0.05) is 13.8 Å². The Morgan fingerprint density at radius 2 is 1.86 bits per heavy atom. The average Bonchev–Trinajstić information content (AvgIpc) is 3.47. The molecule has 1 amide bonds. The average molecular weight is 511 g/mol. The molecule has 0 radical (unpaired) electrons. The minimum Gasteiger partial charge on any atom is -0.336 e. The van der Waals surface area contributed by atoms with Crippen molar-refractivity contribution in [3.8, 4) is 0 Å². The molecule has 2 aromatic heterocycles. The smallest absolute Gasteiger partial charge is 0.225 e. The van der Waals surface area contributed by atoms with Crippen LogP contribution in [0.5, 0.6) is 0 Å². The van der Waals surface area contributed by atoms with Crippen molar-refractivity contribution in [2.24, 2.45) is 5.92 Å². The molecule has 3 atom stereocenters. The molecule has 0 aliphatic carbocycles. The minimum absolute atomic E-state index is 0.0357. The highest BCUT2D eigenvalue weighted by Gasteiger charge is 2.42. The van der Waals surface area contributed by atoms with Gasteiger partial charge in [-0.2, -0.15) is 0 Å². The van der Waals surface area contributed by atoms with Gasteiger partial charge in [0.15, 0.2) is 0 Å². The summed E-state index contributed by atoms with van der Waals surface area (Å²) in [5.41, 5.74) is 3.79. The lowest BCUT2D eigenvalue weighted by molar-refractivity contribution is -0.135. The Kier molecular flexibility index (Phi) is 7.42. The summed E-state index contributed by atoms with van der Waals surface area (Å²) < 4.78 is 2.54. The van der Waals surface area contributed by atoms with Crippen LogP contribution in [0.4, 0.5) is 0 Å². The second-order valence-corrected chi connectivity index (χ2v) is 12.7. The molecule has 2 saturated heterocycles. The van der Waals surface area contributed by atoms with E-state index in [2.05, 4.69) is 34.8 Å². The number of hydrogen-bond acceptors (Lipinski definition) is 5. The molecular formula is C29H42N4O2S. The molecule has 6 nitrogen and oxygen atoms in total. The number of amides is 1. The Balaban J connectivity index is 1.26. The van der Waals surface area contributed by atoms with Crippen molar-refractivity contribution in [3.05, 3.63) is 39.1 Å². The summed E-state index contributed by atoms with van der Waals surface area (Å²) in [6.07, 6.45) is 7.57. The molecule has 36 heavy (non-hydrogen) atoms. The van der Waals surface area contributed by atoms with E-state index in [-0.39, 0.29) is 11.8 Å². The van der Waals surface area contributed by atoms with Crippen LogP contribution in [0.25, 0.3) is 0 Å². The van der Waals surface area contributed by atoms with Crippen LogP contribution in [-0.2, 0) is 22.6 Å². The molecular weight excluding hydrogens is 468 g/mol. The fourth-order valence-corrected chi connectivity index (χ4v) is 8.10. The maximum atomic E-state index is 12.6. The van der Waals surface area contributed by atoms with E-state index in [1.165, 1.54) is 41.8 Å². The van der Waals surface area contributed by atoms with E-state index in [4.69, 9.17) is 4.98 Å². The van der Waals surface area contributed by atoms with Crippen LogP contribution in [0.3, 0.4) is 0 Å². The van der Waals surface area contributed by atoms with Gasteiger partial charge in [0.1, 0.15) is 11.6 Å². The second kappa shape index (κ2) is 10.4. The van der Waals surface area contributed by atoms with Crippen LogP contribution >= 0.6 is 11.3 Å². The zero-order valence-corrected chi connectivity index (χ0v) is 23.4. The number of piperidine rings is 1. The number of imidazole rings is 1. The van der Waals surface area contributed by atoms with E-state index in [0.717, 1.165) is 37.4 Å². The minimum atomic E-state index is 0.0357. The van der Waals surface area contributed by atoms with Gasteiger partial charge in [-0.15, -0.1) is 11.3 Å². The monoisotopic (exact) mass is 510 g/mol. The number of Topliss-reactive ketones (excluding diaryl/α,β-unsaturated/α-hetero) is 1. The van der Waals surface area contributed by atoms with Gasteiger partial charge in [0.2, 0.25) is 5.91 Å². The number of aromatic nitrogens is 2. The number of nitrogens with zero attached hydrogens (tertiary/aromatic N) is 4.